The van der Waals surface area contributed by atoms with Gasteiger partial charge in [0.2, 0.25) is 0 Å². The van der Waals surface area contributed by atoms with Crippen LogP contribution in [-0.4, -0.2) is 0 Å². The fourth-order valence-electron chi connectivity index (χ4n) is 0. The van der Waals surface area contributed by atoms with Gasteiger partial charge in [-0.05, 0) is 0 Å². The third-order valence-electron chi connectivity index (χ3n) is 0. The fourth-order valence-corrected chi connectivity index (χ4v) is 0. The van der Waals surface area contributed by atoms with Gasteiger partial charge in [0.15, 0.2) is 0 Å². The Bertz CT molecular complexity index is 69.6. The van der Waals surface area contributed by atoms with E-state index < -0.39 is 10.1 Å². The van der Waals surface area contributed by atoms with Crippen molar-refractivity contribution in [2.45, 2.75) is 0 Å². The van der Waals surface area contributed by atoms with E-state index >= 15 is 0 Å². The minimum atomic E-state index is -5.48. The van der Waals surface area contributed by atoms with Gasteiger partial charge in [0.25, 0.3) is 0 Å². The van der Waals surface area contributed by atoms with Crippen LogP contribution >= 0.6 is 51.1 Å². The molecule has 0 saturated carbocycles. The van der Waals surface area contributed by atoms with Crippen molar-refractivity contribution >= 4 is 51.1 Å². The summed E-state index contributed by atoms with van der Waals surface area (Å²) in [5.74, 6) is 0. The summed E-state index contributed by atoms with van der Waals surface area (Å²) in [7, 11) is 24.9. The van der Waals surface area contributed by atoms with Gasteiger partial charge < -0.3 is 0 Å². The Balaban J connectivity index is -0.000000180. The number of rotatable bonds is 0. The molecule has 0 nitrogen and oxygen atoms in total. The molecule has 0 aliphatic rings. The maximum absolute atomic E-state index is 5.48. The molecule has 0 rings (SSSR count). The molecule has 0 heterocycles. The molecule has 0 radical (unpaired) electrons. The zero-order valence-corrected chi connectivity index (χ0v) is 18.0. The quantitative estimate of drug-likeness (QED) is 0.432. The topological polar surface area (TPSA) is 0 Å². The molecule has 0 aromatic rings. The van der Waals surface area contributed by atoms with Gasteiger partial charge in [0, 0.05) is 0 Å². The molecule has 0 fully saturated rings. The van der Waals surface area contributed by atoms with Crippen molar-refractivity contribution in [3.8, 4) is 0 Å². The first-order chi connectivity index (χ1) is 2.45. The predicted molar refractivity (Wildman–Crippen MR) is 35.1 cm³/mol. The summed E-state index contributed by atoms with van der Waals surface area (Å²) >= 11 is 0. The van der Waals surface area contributed by atoms with Gasteiger partial charge in [-0.2, -0.15) is 0 Å². The van der Waals surface area contributed by atoms with Gasteiger partial charge in [-0.15, -0.1) is 0 Å². The van der Waals surface area contributed by atoms with Crippen LogP contribution in [0.1, 0.15) is 0 Å². The summed E-state index contributed by atoms with van der Waals surface area (Å²) in [6, 6.07) is 0. The predicted octanol–water partition coefficient (Wildman–Crippen LogP) is -1.86. The minimum Gasteiger partial charge on any atom is 1.00 e. The molecular weight excluding hydrogens is 382 g/mol. The second-order valence-electron chi connectivity index (χ2n) is 1.07. The van der Waals surface area contributed by atoms with E-state index in [1.165, 1.54) is 0 Å². The molecule has 0 amide bonds. The van der Waals surface area contributed by atoms with Gasteiger partial charge >= 0.3 is 164 Å². The second kappa shape index (κ2) is 5.29. The van der Waals surface area contributed by atoms with E-state index in [-0.39, 0.29) is 103 Å². The van der Waals surface area contributed by atoms with E-state index in [9.17, 15) is 0 Å². The maximum atomic E-state index is 5.07. The average molecular weight is 382 g/mol. The molecule has 0 aliphatic carbocycles. The fraction of sp³-hybridized carbons (Fsp3) is 0. The molecule has 48 valence electrons. The third kappa shape index (κ3) is 56.6. The molecule has 0 bridgehead atoms. The van der Waals surface area contributed by atoms with Crippen LogP contribution in [0.3, 0.4) is 0 Å². The SMILES string of the molecule is [Cl][Zr-2]([Cl])([Cl])([Cl])([Cl])[Cl].[K+].[K+]. The second-order valence-corrected chi connectivity index (χ2v) is 57.0. The molecule has 9 heavy (non-hydrogen) atoms. The number of hydrogen-bond donors (Lipinski definition) is 0. The Labute approximate surface area is 158 Å². The van der Waals surface area contributed by atoms with Crippen LogP contribution in [-0.2, 0) is 10.1 Å². The number of halogens is 6. The Hall–Kier alpha value is 5.90. The summed E-state index contributed by atoms with van der Waals surface area (Å²) in [6.07, 6.45) is 0. The van der Waals surface area contributed by atoms with Crippen LogP contribution < -0.4 is 103 Å². The van der Waals surface area contributed by atoms with Crippen LogP contribution in [0.25, 0.3) is 0 Å². The summed E-state index contributed by atoms with van der Waals surface area (Å²) in [5, 5.41) is 0. The van der Waals surface area contributed by atoms with Gasteiger partial charge in [-0.1, -0.05) is 0 Å². The molecule has 0 aliphatic heterocycles. The molecule has 0 aromatic carbocycles. The van der Waals surface area contributed by atoms with E-state index in [1.807, 2.05) is 0 Å². The Morgan fingerprint density at radius 1 is 0.556 bits per heavy atom. The van der Waals surface area contributed by atoms with Crippen LogP contribution in [0, 0.1) is 0 Å². The van der Waals surface area contributed by atoms with Crippen LogP contribution in [0.15, 0.2) is 0 Å². The van der Waals surface area contributed by atoms with Crippen molar-refractivity contribution in [2.24, 2.45) is 0 Å². The zero-order valence-electron chi connectivity index (χ0n) is 4.77. The maximum Gasteiger partial charge on any atom is 1.00 e. The van der Waals surface area contributed by atoms with Crippen LogP contribution in [0.4, 0.5) is 0 Å². The van der Waals surface area contributed by atoms with Crippen molar-refractivity contribution in [3.05, 3.63) is 0 Å². The number of hydrogen-bond acceptors (Lipinski definition) is 0. The first-order valence-electron chi connectivity index (χ1n) is 1.13. The van der Waals surface area contributed by atoms with E-state index in [1.54, 1.807) is 0 Å². The van der Waals surface area contributed by atoms with Crippen LogP contribution in [0.2, 0.25) is 0 Å². The van der Waals surface area contributed by atoms with Gasteiger partial charge in [-0.3, -0.25) is 0 Å². The summed E-state index contributed by atoms with van der Waals surface area (Å²) in [5.41, 5.74) is 0. The van der Waals surface area contributed by atoms with E-state index in [4.69, 9.17) is 51.1 Å². The van der Waals surface area contributed by atoms with Gasteiger partial charge in [0.05, 0.1) is 0 Å². The van der Waals surface area contributed by atoms with E-state index in [0.29, 0.717) is 0 Å². The largest absolute Gasteiger partial charge is 1.00 e. The Morgan fingerprint density at radius 2 is 0.556 bits per heavy atom. The van der Waals surface area contributed by atoms with Crippen molar-refractivity contribution in [1.82, 2.24) is 0 Å². The molecule has 0 unspecified atom stereocenters. The molecule has 0 atom stereocenters. The molecule has 0 spiro atoms. The van der Waals surface area contributed by atoms with Crippen molar-refractivity contribution in [1.29, 1.82) is 0 Å². The first kappa shape index (κ1) is 20.3. The summed E-state index contributed by atoms with van der Waals surface area (Å²) in [6.45, 7) is 0. The van der Waals surface area contributed by atoms with Crippen molar-refractivity contribution < 1.29 is 113 Å². The van der Waals surface area contributed by atoms with Crippen molar-refractivity contribution in [3.63, 3.8) is 0 Å². The average Bonchev–Trinajstić information content (AvgIpc) is 0.592. The standard InChI is InChI=1S/6ClH.2K.Zr/h6*1H;;;/q;;;;;;2*+1;+4/p-6. The Kier molecular flexibility index (Phi) is 12.0. The monoisotopic (exact) mass is 378 g/mol. The molecule has 9 heteroatoms. The van der Waals surface area contributed by atoms with E-state index in [0.717, 1.165) is 0 Å². The zero-order chi connectivity index (χ0) is 6.41. The van der Waals surface area contributed by atoms with Crippen LogP contribution in [0.5, 0.6) is 0 Å². The summed E-state index contributed by atoms with van der Waals surface area (Å²) in [4.78, 5) is 0. The van der Waals surface area contributed by atoms with Gasteiger partial charge in [0.1, 0.15) is 0 Å². The molecule has 0 aromatic heterocycles. The first-order valence-corrected chi connectivity index (χ1v) is 20.1. The Morgan fingerprint density at radius 3 is 0.556 bits per heavy atom. The molecule has 0 N–H and O–H groups in total. The smallest absolute Gasteiger partial charge is 1.00 e. The minimum absolute atomic E-state index is 0. The third-order valence-corrected chi connectivity index (χ3v) is 0. The van der Waals surface area contributed by atoms with Crippen molar-refractivity contribution in [2.75, 3.05) is 0 Å². The van der Waals surface area contributed by atoms with Gasteiger partial charge in [-0.25, -0.2) is 0 Å². The molecular formula is Cl6K2Zr. The summed E-state index contributed by atoms with van der Waals surface area (Å²) < 4.78 is 0. The van der Waals surface area contributed by atoms with E-state index in [2.05, 4.69) is 0 Å². The molecule has 0 saturated heterocycles. The normalized spacial score (nSPS) is 18.0.